The molecule has 1 aromatic heterocycles. The van der Waals surface area contributed by atoms with E-state index in [1.165, 1.54) is 5.56 Å². The average molecular weight is 422 g/mol. The van der Waals surface area contributed by atoms with E-state index in [-0.39, 0.29) is 0 Å². The SMILES string of the molecule is IN(I)c1ccc(-c2ccccc2)cn1. The Labute approximate surface area is 117 Å². The lowest BCUT2D eigenvalue weighted by Gasteiger charge is -2.06. The van der Waals surface area contributed by atoms with Crippen molar-refractivity contribution in [2.75, 3.05) is 1.33 Å². The van der Waals surface area contributed by atoms with Crippen molar-refractivity contribution in [2.45, 2.75) is 0 Å². The molecule has 0 bridgehead atoms. The molecule has 0 aliphatic heterocycles. The molecule has 0 amide bonds. The summed E-state index contributed by atoms with van der Waals surface area (Å²) >= 11 is 4.38. The highest BCUT2D eigenvalue weighted by molar-refractivity contribution is 14.2. The molecule has 0 unspecified atom stereocenters. The lowest BCUT2D eigenvalue weighted by atomic mass is 10.1. The topological polar surface area (TPSA) is 16.1 Å². The largest absolute Gasteiger partial charge is 0.237 e. The zero-order chi connectivity index (χ0) is 10.7. The standard InChI is InChI=1S/C11H8I2N2/c12-15(13)11-7-6-10(8-14-11)9-4-2-1-3-5-9/h1-8H. The van der Waals surface area contributed by atoms with Gasteiger partial charge in [0.1, 0.15) is 5.82 Å². The van der Waals surface area contributed by atoms with Crippen LogP contribution in [0, 0.1) is 0 Å². The Morgan fingerprint density at radius 3 is 2.13 bits per heavy atom. The zero-order valence-corrected chi connectivity index (χ0v) is 12.1. The highest BCUT2D eigenvalue weighted by Gasteiger charge is 2.01. The maximum absolute atomic E-state index is 4.37. The van der Waals surface area contributed by atoms with Crippen LogP contribution in [0.1, 0.15) is 0 Å². The molecule has 4 heteroatoms. The van der Waals surface area contributed by atoms with Crippen LogP contribution in [0.2, 0.25) is 0 Å². The number of pyridine rings is 1. The van der Waals surface area contributed by atoms with Gasteiger partial charge < -0.3 is 0 Å². The molecule has 0 aliphatic rings. The van der Waals surface area contributed by atoms with Crippen molar-refractivity contribution in [3.05, 3.63) is 48.7 Å². The second kappa shape index (κ2) is 5.11. The second-order valence-corrected chi connectivity index (χ2v) is 6.78. The van der Waals surface area contributed by atoms with Gasteiger partial charge in [-0.15, -0.1) is 0 Å². The summed E-state index contributed by atoms with van der Waals surface area (Å²) in [5.41, 5.74) is 2.35. The predicted molar refractivity (Wildman–Crippen MR) is 80.2 cm³/mol. The molecule has 76 valence electrons. The van der Waals surface area contributed by atoms with Gasteiger partial charge in [-0.25, -0.2) is 6.31 Å². The second-order valence-electron chi connectivity index (χ2n) is 3.00. The van der Waals surface area contributed by atoms with Crippen LogP contribution in [-0.4, -0.2) is 4.98 Å². The van der Waals surface area contributed by atoms with Gasteiger partial charge in [-0.1, -0.05) is 30.3 Å². The van der Waals surface area contributed by atoms with Gasteiger partial charge in [-0.2, -0.15) is 0 Å². The van der Waals surface area contributed by atoms with Gasteiger partial charge in [0, 0.05) is 11.8 Å². The molecular weight excluding hydrogens is 414 g/mol. The van der Waals surface area contributed by atoms with Crippen LogP contribution < -0.4 is 1.33 Å². The number of hydrogen-bond acceptors (Lipinski definition) is 2. The van der Waals surface area contributed by atoms with E-state index in [9.17, 15) is 0 Å². The third kappa shape index (κ3) is 2.81. The first kappa shape index (κ1) is 11.1. The first-order valence-electron chi connectivity index (χ1n) is 4.40. The lowest BCUT2D eigenvalue weighted by Crippen LogP contribution is -1.92. The van der Waals surface area contributed by atoms with Crippen LogP contribution in [0.25, 0.3) is 11.1 Å². The van der Waals surface area contributed by atoms with Crippen LogP contribution in [-0.2, 0) is 0 Å². The summed E-state index contributed by atoms with van der Waals surface area (Å²) in [6.45, 7) is 0. The molecule has 0 fully saturated rings. The molecule has 0 saturated heterocycles. The maximum Gasteiger partial charge on any atom is 0.146 e. The molecule has 0 N–H and O–H groups in total. The summed E-state index contributed by atoms with van der Waals surface area (Å²) in [4.78, 5) is 4.37. The Morgan fingerprint density at radius 2 is 1.60 bits per heavy atom. The first-order valence-corrected chi connectivity index (χ1v) is 6.33. The van der Waals surface area contributed by atoms with Crippen molar-refractivity contribution in [2.24, 2.45) is 0 Å². The van der Waals surface area contributed by atoms with Crippen molar-refractivity contribution in [1.82, 2.24) is 4.98 Å². The normalized spacial score (nSPS) is 10.0. The van der Waals surface area contributed by atoms with E-state index in [1.807, 2.05) is 31.8 Å². The molecule has 0 saturated carbocycles. The molecule has 0 atom stereocenters. The molecule has 2 rings (SSSR count). The fraction of sp³-hybridized carbons (Fsp3) is 0. The minimum atomic E-state index is 0.955. The fourth-order valence-electron chi connectivity index (χ4n) is 1.29. The molecule has 0 spiro atoms. The third-order valence-electron chi connectivity index (χ3n) is 2.03. The van der Waals surface area contributed by atoms with Crippen LogP contribution in [0.15, 0.2) is 48.7 Å². The number of hydrogen-bond donors (Lipinski definition) is 0. The Bertz CT molecular complexity index is 426. The zero-order valence-electron chi connectivity index (χ0n) is 7.77. The molecule has 0 aliphatic carbocycles. The van der Waals surface area contributed by atoms with E-state index >= 15 is 0 Å². The van der Waals surface area contributed by atoms with Gasteiger partial charge in [-0.05, 0) is 17.7 Å². The number of anilines is 1. The average Bonchev–Trinajstić information content (AvgIpc) is 2.30. The number of nitrogens with zero attached hydrogens (tertiary/aromatic N) is 2. The van der Waals surface area contributed by atoms with E-state index in [4.69, 9.17) is 0 Å². The van der Waals surface area contributed by atoms with E-state index < -0.39 is 0 Å². The van der Waals surface area contributed by atoms with Crippen molar-refractivity contribution >= 4 is 51.5 Å². The fourth-order valence-corrected chi connectivity index (χ4v) is 1.86. The maximum atomic E-state index is 4.37. The van der Waals surface area contributed by atoms with Gasteiger partial charge in [-0.3, -0.25) is 0 Å². The highest BCUT2D eigenvalue weighted by atomic mass is 127. The van der Waals surface area contributed by atoms with E-state index in [0.29, 0.717) is 0 Å². The Hall–Kier alpha value is -0.370. The van der Waals surface area contributed by atoms with Gasteiger partial charge in [0.2, 0.25) is 0 Å². The van der Waals surface area contributed by atoms with Crippen LogP contribution in [0.4, 0.5) is 5.82 Å². The third-order valence-corrected chi connectivity index (χ3v) is 3.02. The summed E-state index contributed by atoms with van der Waals surface area (Å²) in [7, 11) is 0. The summed E-state index contributed by atoms with van der Waals surface area (Å²) < 4.78 is 1.93. The minimum Gasteiger partial charge on any atom is -0.237 e. The first-order chi connectivity index (χ1) is 7.27. The Morgan fingerprint density at radius 1 is 0.867 bits per heavy atom. The minimum absolute atomic E-state index is 0.955. The number of benzene rings is 1. The van der Waals surface area contributed by atoms with Crippen molar-refractivity contribution in [3.63, 3.8) is 0 Å². The predicted octanol–water partition coefficient (Wildman–Crippen LogP) is 4.26. The number of aromatic nitrogens is 1. The van der Waals surface area contributed by atoms with Crippen LogP contribution in [0.3, 0.4) is 0 Å². The monoisotopic (exact) mass is 422 g/mol. The van der Waals surface area contributed by atoms with Gasteiger partial charge in [0.25, 0.3) is 0 Å². The Balaban J connectivity index is 2.32. The van der Waals surface area contributed by atoms with Gasteiger partial charge in [0.15, 0.2) is 0 Å². The molecule has 2 nitrogen and oxygen atoms in total. The van der Waals surface area contributed by atoms with Crippen LogP contribution >= 0.6 is 45.7 Å². The lowest BCUT2D eigenvalue weighted by molar-refractivity contribution is 1.32. The summed E-state index contributed by atoms with van der Waals surface area (Å²) in [5.74, 6) is 0.955. The quantitative estimate of drug-likeness (QED) is 0.532. The van der Waals surface area contributed by atoms with E-state index in [0.717, 1.165) is 11.4 Å². The molecule has 0 radical (unpaired) electrons. The Kier molecular flexibility index (Phi) is 3.79. The molecule has 1 aromatic carbocycles. The summed E-state index contributed by atoms with van der Waals surface area (Å²) in [6.07, 6.45) is 1.90. The molecule has 15 heavy (non-hydrogen) atoms. The van der Waals surface area contributed by atoms with Crippen molar-refractivity contribution < 1.29 is 0 Å². The smallest absolute Gasteiger partial charge is 0.146 e. The molecule has 2 aromatic rings. The molecular formula is C11H8I2N2. The summed E-state index contributed by atoms with van der Waals surface area (Å²) in [5, 5.41) is 0. The molecule has 1 heterocycles. The number of rotatable bonds is 2. The summed E-state index contributed by atoms with van der Waals surface area (Å²) in [6, 6.07) is 14.4. The van der Waals surface area contributed by atoms with Crippen molar-refractivity contribution in [1.29, 1.82) is 0 Å². The van der Waals surface area contributed by atoms with E-state index in [1.54, 1.807) is 0 Å². The number of halogens is 2. The van der Waals surface area contributed by atoms with Gasteiger partial charge in [0.05, 0.1) is 45.7 Å². The van der Waals surface area contributed by atoms with Crippen molar-refractivity contribution in [3.8, 4) is 11.1 Å². The highest BCUT2D eigenvalue weighted by Crippen LogP contribution is 2.23. The van der Waals surface area contributed by atoms with Crippen LogP contribution in [0.5, 0.6) is 0 Å². The van der Waals surface area contributed by atoms with Gasteiger partial charge >= 0.3 is 0 Å². The van der Waals surface area contributed by atoms with E-state index in [2.05, 4.69) is 68.9 Å².